The van der Waals surface area contributed by atoms with Crippen LogP contribution in [0.2, 0.25) is 0 Å². The van der Waals surface area contributed by atoms with Crippen molar-refractivity contribution in [3.05, 3.63) is 76.0 Å². The van der Waals surface area contributed by atoms with Crippen molar-refractivity contribution in [3.63, 3.8) is 0 Å². The predicted octanol–water partition coefficient (Wildman–Crippen LogP) is 2.69. The van der Waals surface area contributed by atoms with Gasteiger partial charge in [-0.2, -0.15) is 5.10 Å². The summed E-state index contributed by atoms with van der Waals surface area (Å²) in [5.41, 5.74) is 3.13. The van der Waals surface area contributed by atoms with Gasteiger partial charge in [0.1, 0.15) is 5.70 Å². The first-order valence-corrected chi connectivity index (χ1v) is 9.05. The molecule has 3 aromatic rings. The summed E-state index contributed by atoms with van der Waals surface area (Å²) < 4.78 is 3.45. The summed E-state index contributed by atoms with van der Waals surface area (Å²) in [6.45, 7) is 1.81. The van der Waals surface area contributed by atoms with Gasteiger partial charge in [-0.1, -0.05) is 0 Å². The Hall–Kier alpha value is -3.79. The smallest absolute Gasteiger partial charge is 0.281 e. The number of hydrogen-bond acceptors (Lipinski definition) is 5. The first-order valence-electron chi connectivity index (χ1n) is 8.64. The molecule has 0 unspecified atom stereocenters. The molecule has 0 bridgehead atoms. The van der Waals surface area contributed by atoms with Crippen molar-refractivity contribution in [2.75, 3.05) is 4.90 Å². The number of carbonyl (C=O) groups is 1. The lowest BCUT2D eigenvalue weighted by molar-refractivity contribution is -0.384. The van der Waals surface area contributed by atoms with E-state index in [4.69, 9.17) is 12.2 Å². The van der Waals surface area contributed by atoms with E-state index in [1.165, 1.54) is 17.0 Å². The fourth-order valence-electron chi connectivity index (χ4n) is 3.19. The number of hydrogen-bond donors (Lipinski definition) is 1. The molecule has 1 aromatic carbocycles. The number of nitro groups is 1. The van der Waals surface area contributed by atoms with Gasteiger partial charge in [-0.15, -0.1) is 0 Å². The SMILES string of the molecule is Cc1nn(C)cc1N1C(=O)/C(=C\c2cccn2-c2ccc([N+](=O)[O-])cc2)NC1=S. The molecule has 10 heteroatoms. The summed E-state index contributed by atoms with van der Waals surface area (Å²) in [5.74, 6) is -0.275. The highest BCUT2D eigenvalue weighted by Gasteiger charge is 2.34. The van der Waals surface area contributed by atoms with E-state index in [9.17, 15) is 14.9 Å². The lowest BCUT2D eigenvalue weighted by atomic mass is 10.2. The minimum atomic E-state index is -0.445. The Labute approximate surface area is 171 Å². The molecule has 0 spiro atoms. The van der Waals surface area contributed by atoms with Crippen LogP contribution in [0.15, 0.2) is 54.5 Å². The maximum absolute atomic E-state index is 13.0. The first-order chi connectivity index (χ1) is 13.8. The van der Waals surface area contributed by atoms with Crippen LogP contribution in [0.3, 0.4) is 0 Å². The van der Waals surface area contributed by atoms with Gasteiger partial charge in [-0.25, -0.2) is 4.90 Å². The lowest BCUT2D eigenvalue weighted by Gasteiger charge is -2.12. The predicted molar refractivity (Wildman–Crippen MR) is 112 cm³/mol. The highest BCUT2D eigenvalue weighted by atomic mass is 32.1. The summed E-state index contributed by atoms with van der Waals surface area (Å²) in [7, 11) is 1.78. The molecule has 0 saturated carbocycles. The normalized spacial score (nSPS) is 15.2. The van der Waals surface area contributed by atoms with Gasteiger partial charge in [-0.05, 0) is 49.5 Å². The summed E-state index contributed by atoms with van der Waals surface area (Å²) in [5, 5.41) is 18.4. The number of thiocarbonyl (C=S) groups is 1. The summed E-state index contributed by atoms with van der Waals surface area (Å²) >= 11 is 5.35. The van der Waals surface area contributed by atoms with E-state index in [0.717, 1.165) is 11.4 Å². The van der Waals surface area contributed by atoms with Crippen LogP contribution in [0.25, 0.3) is 11.8 Å². The molecule has 1 aliphatic rings. The molecular weight excluding hydrogens is 392 g/mol. The Morgan fingerprint density at radius 3 is 2.59 bits per heavy atom. The third-order valence-electron chi connectivity index (χ3n) is 4.52. The maximum atomic E-state index is 13.0. The van der Waals surface area contributed by atoms with E-state index < -0.39 is 4.92 Å². The largest absolute Gasteiger partial charge is 0.327 e. The monoisotopic (exact) mass is 408 g/mol. The summed E-state index contributed by atoms with van der Waals surface area (Å²) in [4.78, 5) is 24.8. The third kappa shape index (κ3) is 3.29. The van der Waals surface area contributed by atoms with Gasteiger partial charge >= 0.3 is 0 Å². The second kappa shape index (κ2) is 6.99. The Morgan fingerprint density at radius 1 is 1.24 bits per heavy atom. The van der Waals surface area contributed by atoms with Crippen molar-refractivity contribution < 1.29 is 9.72 Å². The van der Waals surface area contributed by atoms with E-state index >= 15 is 0 Å². The van der Waals surface area contributed by atoms with E-state index in [-0.39, 0.29) is 16.7 Å². The van der Waals surface area contributed by atoms with Gasteiger partial charge in [-0.3, -0.25) is 19.6 Å². The second-order valence-electron chi connectivity index (χ2n) is 6.48. The number of aryl methyl sites for hydroxylation is 2. The Bertz CT molecular complexity index is 1180. The molecule has 0 radical (unpaired) electrons. The molecule has 2 aromatic heterocycles. The van der Waals surface area contributed by atoms with E-state index in [2.05, 4.69) is 10.4 Å². The second-order valence-corrected chi connectivity index (χ2v) is 6.87. The van der Waals surface area contributed by atoms with E-state index in [0.29, 0.717) is 17.1 Å². The maximum Gasteiger partial charge on any atom is 0.281 e. The van der Waals surface area contributed by atoms with Crippen LogP contribution in [-0.4, -0.2) is 30.3 Å². The van der Waals surface area contributed by atoms with Crippen LogP contribution < -0.4 is 10.2 Å². The average molecular weight is 408 g/mol. The number of nitrogens with zero attached hydrogens (tertiary/aromatic N) is 5. The summed E-state index contributed by atoms with van der Waals surface area (Å²) in [6, 6.07) is 9.85. The molecule has 0 atom stereocenters. The average Bonchev–Trinajstić information content (AvgIpc) is 3.34. The molecule has 146 valence electrons. The zero-order chi connectivity index (χ0) is 20.7. The number of nitro benzene ring substituents is 1. The highest BCUT2D eigenvalue weighted by molar-refractivity contribution is 7.80. The molecule has 3 heterocycles. The van der Waals surface area contributed by atoms with Gasteiger partial charge in [0.2, 0.25) is 0 Å². The fourth-order valence-corrected chi connectivity index (χ4v) is 3.48. The minimum absolute atomic E-state index is 0.0151. The molecule has 4 rings (SSSR count). The van der Waals surface area contributed by atoms with E-state index in [1.54, 1.807) is 36.1 Å². The molecule has 1 amide bonds. The van der Waals surface area contributed by atoms with Crippen LogP contribution in [0.4, 0.5) is 11.4 Å². The third-order valence-corrected chi connectivity index (χ3v) is 4.80. The van der Waals surface area contributed by atoms with Gasteiger partial charge < -0.3 is 9.88 Å². The zero-order valence-electron chi connectivity index (χ0n) is 15.6. The molecule has 9 nitrogen and oxygen atoms in total. The summed E-state index contributed by atoms with van der Waals surface area (Å²) in [6.07, 6.45) is 5.25. The topological polar surface area (TPSA) is 98.2 Å². The fraction of sp³-hybridized carbons (Fsp3) is 0.105. The molecule has 1 aliphatic heterocycles. The van der Waals surface area contributed by atoms with Gasteiger partial charge in [0, 0.05) is 43.0 Å². The van der Waals surface area contributed by atoms with Crippen LogP contribution in [0.5, 0.6) is 0 Å². The first kappa shape index (κ1) is 18.6. The van der Waals surface area contributed by atoms with Crippen molar-refractivity contribution in [1.82, 2.24) is 19.7 Å². The number of benzene rings is 1. The van der Waals surface area contributed by atoms with Crippen LogP contribution in [0.1, 0.15) is 11.4 Å². The molecular formula is C19H16N6O3S. The highest BCUT2D eigenvalue weighted by Crippen LogP contribution is 2.26. The van der Waals surface area contributed by atoms with Crippen molar-refractivity contribution in [2.45, 2.75) is 6.92 Å². The number of amides is 1. The number of nitrogens with one attached hydrogen (secondary N) is 1. The number of anilines is 1. The Balaban J connectivity index is 1.67. The lowest BCUT2D eigenvalue weighted by Crippen LogP contribution is -2.30. The molecule has 1 N–H and O–H groups in total. The number of non-ortho nitro benzene ring substituents is 1. The molecule has 29 heavy (non-hydrogen) atoms. The number of carbonyl (C=O) groups excluding carboxylic acids is 1. The van der Waals surface area contributed by atoms with Crippen LogP contribution in [-0.2, 0) is 11.8 Å². The molecule has 0 aliphatic carbocycles. The quantitative estimate of drug-likeness (QED) is 0.308. The van der Waals surface area contributed by atoms with Gasteiger partial charge in [0.15, 0.2) is 5.11 Å². The molecule has 1 fully saturated rings. The Morgan fingerprint density at radius 2 is 1.97 bits per heavy atom. The number of aromatic nitrogens is 3. The van der Waals surface area contributed by atoms with Crippen molar-refractivity contribution in [1.29, 1.82) is 0 Å². The van der Waals surface area contributed by atoms with Crippen LogP contribution in [0, 0.1) is 17.0 Å². The van der Waals surface area contributed by atoms with Gasteiger partial charge in [0.05, 0.1) is 16.3 Å². The molecule has 1 saturated heterocycles. The van der Waals surface area contributed by atoms with Crippen LogP contribution >= 0.6 is 12.2 Å². The van der Waals surface area contributed by atoms with Crippen molar-refractivity contribution in [2.24, 2.45) is 7.05 Å². The zero-order valence-corrected chi connectivity index (χ0v) is 16.4. The van der Waals surface area contributed by atoms with E-state index in [1.807, 2.05) is 29.8 Å². The number of rotatable bonds is 4. The van der Waals surface area contributed by atoms with Crippen molar-refractivity contribution >= 4 is 40.7 Å². The standard InChI is InChI=1S/C19H16N6O3S/c1-12-17(11-22(2)21-12)24-18(26)16(20-19(24)29)10-15-4-3-9-23(15)13-5-7-14(8-6-13)25(27)28/h3-11H,1-2H3,(H,20,29)/b16-10+. The Kier molecular flexibility index (Phi) is 4.47. The minimum Gasteiger partial charge on any atom is -0.327 e. The van der Waals surface area contributed by atoms with Crippen molar-refractivity contribution in [3.8, 4) is 5.69 Å². The van der Waals surface area contributed by atoms with Gasteiger partial charge in [0.25, 0.3) is 11.6 Å².